The summed E-state index contributed by atoms with van der Waals surface area (Å²) in [5, 5.41) is 19.8. The predicted molar refractivity (Wildman–Crippen MR) is 80.1 cm³/mol. The normalized spacial score (nSPS) is 14.7. The van der Waals surface area contributed by atoms with Crippen LogP contribution < -0.4 is 5.63 Å². The number of rotatable bonds is 2. The molecule has 0 radical (unpaired) electrons. The van der Waals surface area contributed by atoms with Gasteiger partial charge in [0.1, 0.15) is 17.1 Å². The van der Waals surface area contributed by atoms with Crippen LogP contribution in [0.15, 0.2) is 21.3 Å². The molecule has 0 aliphatic carbocycles. The molecular formula is C16H17NO5. The Morgan fingerprint density at radius 3 is 2.64 bits per heavy atom. The van der Waals surface area contributed by atoms with Crippen molar-refractivity contribution in [3.05, 3.63) is 33.7 Å². The van der Waals surface area contributed by atoms with Gasteiger partial charge < -0.3 is 19.5 Å². The van der Waals surface area contributed by atoms with E-state index < -0.39 is 5.63 Å². The van der Waals surface area contributed by atoms with Crippen molar-refractivity contribution in [3.63, 3.8) is 0 Å². The number of fused-ring (bicyclic) bond motifs is 1. The monoisotopic (exact) mass is 303 g/mol. The van der Waals surface area contributed by atoms with Gasteiger partial charge in [-0.2, -0.15) is 0 Å². The first-order valence-corrected chi connectivity index (χ1v) is 7.23. The molecule has 116 valence electrons. The first-order valence-electron chi connectivity index (χ1n) is 7.23. The van der Waals surface area contributed by atoms with Gasteiger partial charge in [0.15, 0.2) is 0 Å². The highest BCUT2D eigenvalue weighted by Gasteiger charge is 2.22. The van der Waals surface area contributed by atoms with Crippen LogP contribution in [-0.2, 0) is 11.2 Å². The molecule has 1 fully saturated rings. The molecule has 1 aliphatic rings. The Labute approximate surface area is 126 Å². The number of hydrogen-bond acceptors (Lipinski definition) is 5. The third-order valence-electron chi connectivity index (χ3n) is 4.13. The number of benzene rings is 1. The summed E-state index contributed by atoms with van der Waals surface area (Å²) >= 11 is 0. The molecular weight excluding hydrogens is 286 g/mol. The third kappa shape index (κ3) is 2.41. The van der Waals surface area contributed by atoms with E-state index in [1.807, 2.05) is 0 Å². The Kier molecular flexibility index (Phi) is 3.52. The zero-order valence-electron chi connectivity index (χ0n) is 12.3. The lowest BCUT2D eigenvalue weighted by Gasteiger charge is -2.16. The summed E-state index contributed by atoms with van der Waals surface area (Å²) in [6, 6.07) is 2.46. The lowest BCUT2D eigenvalue weighted by Crippen LogP contribution is -2.31. The molecule has 0 saturated carbocycles. The highest BCUT2D eigenvalue weighted by Crippen LogP contribution is 2.32. The minimum absolute atomic E-state index is 0.0373. The van der Waals surface area contributed by atoms with Crippen LogP contribution in [0.25, 0.3) is 11.0 Å². The molecule has 1 aliphatic heterocycles. The van der Waals surface area contributed by atoms with Gasteiger partial charge in [0, 0.05) is 25.2 Å². The van der Waals surface area contributed by atoms with Gasteiger partial charge in [0.25, 0.3) is 0 Å². The van der Waals surface area contributed by atoms with Gasteiger partial charge in [0.05, 0.1) is 17.4 Å². The van der Waals surface area contributed by atoms with Gasteiger partial charge in [-0.15, -0.1) is 0 Å². The molecule has 2 N–H and O–H groups in total. The fourth-order valence-corrected chi connectivity index (χ4v) is 2.94. The number of carbonyl (C=O) groups is 1. The summed E-state index contributed by atoms with van der Waals surface area (Å²) in [4.78, 5) is 26.1. The summed E-state index contributed by atoms with van der Waals surface area (Å²) < 4.78 is 5.15. The Bertz CT molecular complexity index is 802. The van der Waals surface area contributed by atoms with Crippen LogP contribution in [0, 0.1) is 6.92 Å². The van der Waals surface area contributed by atoms with E-state index in [2.05, 4.69) is 0 Å². The minimum atomic E-state index is -0.609. The molecule has 2 aromatic rings. The van der Waals surface area contributed by atoms with E-state index in [4.69, 9.17) is 4.42 Å². The van der Waals surface area contributed by atoms with Crippen molar-refractivity contribution in [2.24, 2.45) is 0 Å². The zero-order chi connectivity index (χ0) is 15.9. The van der Waals surface area contributed by atoms with Crippen molar-refractivity contribution < 1.29 is 19.4 Å². The van der Waals surface area contributed by atoms with Crippen LogP contribution in [-0.4, -0.2) is 34.1 Å². The van der Waals surface area contributed by atoms with Crippen molar-refractivity contribution >= 4 is 16.9 Å². The molecule has 1 saturated heterocycles. The van der Waals surface area contributed by atoms with E-state index in [1.165, 1.54) is 12.1 Å². The molecule has 2 heterocycles. The summed E-state index contributed by atoms with van der Waals surface area (Å²) in [5.41, 5.74) is 0.265. The SMILES string of the molecule is Cc1c(CC(=O)N2CCCC2)c(=O)oc2cc(O)cc(O)c12. The number of aromatic hydroxyl groups is 2. The second-order valence-corrected chi connectivity index (χ2v) is 5.60. The highest BCUT2D eigenvalue weighted by atomic mass is 16.4. The fraction of sp³-hybridized carbons (Fsp3) is 0.375. The minimum Gasteiger partial charge on any atom is -0.508 e. The van der Waals surface area contributed by atoms with E-state index >= 15 is 0 Å². The van der Waals surface area contributed by atoms with Crippen molar-refractivity contribution in [1.82, 2.24) is 4.90 Å². The summed E-state index contributed by atoms with van der Waals surface area (Å²) in [5.74, 6) is -0.468. The number of nitrogens with zero attached hydrogens (tertiary/aromatic N) is 1. The predicted octanol–water partition coefficient (Wildman–Crippen LogP) is 1.68. The van der Waals surface area contributed by atoms with E-state index in [1.54, 1.807) is 11.8 Å². The Morgan fingerprint density at radius 1 is 1.27 bits per heavy atom. The number of amides is 1. The Hall–Kier alpha value is -2.50. The molecule has 0 spiro atoms. The Balaban J connectivity index is 2.06. The lowest BCUT2D eigenvalue weighted by molar-refractivity contribution is -0.129. The van der Waals surface area contributed by atoms with E-state index in [9.17, 15) is 19.8 Å². The van der Waals surface area contributed by atoms with E-state index in [0.717, 1.165) is 25.9 Å². The molecule has 3 rings (SSSR count). The zero-order valence-corrected chi connectivity index (χ0v) is 12.3. The quantitative estimate of drug-likeness (QED) is 0.824. The summed E-state index contributed by atoms with van der Waals surface area (Å²) in [7, 11) is 0. The average molecular weight is 303 g/mol. The van der Waals surface area contributed by atoms with Crippen LogP contribution in [0.5, 0.6) is 11.5 Å². The van der Waals surface area contributed by atoms with Crippen molar-refractivity contribution in [3.8, 4) is 11.5 Å². The molecule has 1 aromatic heterocycles. The number of likely N-dealkylation sites (tertiary alicyclic amines) is 1. The van der Waals surface area contributed by atoms with Gasteiger partial charge in [-0.1, -0.05) is 0 Å². The highest BCUT2D eigenvalue weighted by molar-refractivity contribution is 5.90. The molecule has 0 unspecified atom stereocenters. The molecule has 0 bridgehead atoms. The van der Waals surface area contributed by atoms with E-state index in [0.29, 0.717) is 10.9 Å². The topological polar surface area (TPSA) is 91.0 Å². The summed E-state index contributed by atoms with van der Waals surface area (Å²) in [6.07, 6.45) is 1.93. The smallest absolute Gasteiger partial charge is 0.340 e. The standard InChI is InChI=1S/C16H17NO5/c1-9-11(8-14(20)17-4-2-3-5-17)16(21)22-13-7-10(18)6-12(19)15(9)13/h6-7,18-19H,2-5,8H2,1H3. The maximum absolute atomic E-state index is 12.2. The molecule has 1 amide bonds. The van der Waals surface area contributed by atoms with Crippen LogP contribution in [0.4, 0.5) is 0 Å². The number of aryl methyl sites for hydroxylation is 1. The second-order valence-electron chi connectivity index (χ2n) is 5.60. The average Bonchev–Trinajstić information content (AvgIpc) is 2.96. The van der Waals surface area contributed by atoms with Gasteiger partial charge in [-0.25, -0.2) is 4.79 Å². The first kappa shape index (κ1) is 14.4. The van der Waals surface area contributed by atoms with Gasteiger partial charge in [0.2, 0.25) is 5.91 Å². The molecule has 22 heavy (non-hydrogen) atoms. The number of hydrogen-bond donors (Lipinski definition) is 2. The second kappa shape index (κ2) is 5.36. The maximum Gasteiger partial charge on any atom is 0.340 e. The molecule has 6 heteroatoms. The third-order valence-corrected chi connectivity index (χ3v) is 4.13. The van der Waals surface area contributed by atoms with Crippen molar-refractivity contribution in [2.75, 3.05) is 13.1 Å². The maximum atomic E-state index is 12.2. The number of carbonyl (C=O) groups excluding carboxylic acids is 1. The van der Waals surface area contributed by atoms with Crippen LogP contribution >= 0.6 is 0 Å². The summed E-state index contributed by atoms with van der Waals surface area (Å²) in [6.45, 7) is 3.11. The fourth-order valence-electron chi connectivity index (χ4n) is 2.94. The lowest BCUT2D eigenvalue weighted by atomic mass is 10.0. The number of phenolic OH excluding ortho intramolecular Hbond substituents is 2. The molecule has 0 atom stereocenters. The van der Waals surface area contributed by atoms with Crippen LogP contribution in [0.2, 0.25) is 0 Å². The van der Waals surface area contributed by atoms with Crippen molar-refractivity contribution in [2.45, 2.75) is 26.2 Å². The Morgan fingerprint density at radius 2 is 1.95 bits per heavy atom. The number of phenols is 2. The van der Waals surface area contributed by atoms with Crippen LogP contribution in [0.1, 0.15) is 24.0 Å². The molecule has 1 aromatic carbocycles. The van der Waals surface area contributed by atoms with Crippen molar-refractivity contribution in [1.29, 1.82) is 0 Å². The van der Waals surface area contributed by atoms with Gasteiger partial charge in [-0.05, 0) is 25.3 Å². The first-order chi connectivity index (χ1) is 10.5. The van der Waals surface area contributed by atoms with Crippen LogP contribution in [0.3, 0.4) is 0 Å². The van der Waals surface area contributed by atoms with Gasteiger partial charge >= 0.3 is 5.63 Å². The largest absolute Gasteiger partial charge is 0.508 e. The van der Waals surface area contributed by atoms with E-state index in [-0.39, 0.29) is 35.0 Å². The molecule has 6 nitrogen and oxygen atoms in total. The van der Waals surface area contributed by atoms with Gasteiger partial charge in [-0.3, -0.25) is 4.79 Å².